The van der Waals surface area contributed by atoms with Crippen LogP contribution in [0.25, 0.3) is 0 Å². The summed E-state index contributed by atoms with van der Waals surface area (Å²) in [4.78, 5) is 0. The number of halogens is 1. The summed E-state index contributed by atoms with van der Waals surface area (Å²) in [5.41, 5.74) is 0. The van der Waals surface area contributed by atoms with Crippen LogP contribution in [0.4, 0.5) is 0 Å². The van der Waals surface area contributed by atoms with Crippen LogP contribution < -0.4 is 5.11 Å². The summed E-state index contributed by atoms with van der Waals surface area (Å²) < 4.78 is 0. The van der Waals surface area contributed by atoms with E-state index in [4.69, 9.17) is 0 Å². The zero-order valence-electron chi connectivity index (χ0n) is 2.70. The summed E-state index contributed by atoms with van der Waals surface area (Å²) in [5, 5.41) is 10.0. The first-order valence-electron chi connectivity index (χ1n) is 1.18. The Balaban J connectivity index is 2.85. The number of rotatable bonds is 1. The largest absolute Gasteiger partial charge is 0.875 e. The van der Waals surface area contributed by atoms with Gasteiger partial charge >= 0.3 is 0 Å². The second-order valence-corrected chi connectivity index (χ2v) is 1.23. The minimum Gasteiger partial charge on any atom is -0.875 e. The van der Waals surface area contributed by atoms with Crippen LogP contribution in [-0.2, 0) is 0 Å². The van der Waals surface area contributed by atoms with Gasteiger partial charge in [-0.25, -0.2) is 0 Å². The van der Waals surface area contributed by atoms with E-state index in [9.17, 15) is 5.11 Å². The maximum atomic E-state index is 9.65. The topological polar surface area (TPSA) is 23.1 Å². The molecule has 0 atom stereocenters. The Labute approximate surface area is 39.4 Å². The lowest BCUT2D eigenvalue weighted by molar-refractivity contribution is -0.299. The van der Waals surface area contributed by atoms with Gasteiger partial charge < -0.3 is 5.11 Å². The minimum absolute atomic E-state index is 0.0787. The average molecular weight is 136 g/mol. The summed E-state index contributed by atoms with van der Waals surface area (Å²) in [7, 11) is 0. The lowest BCUT2D eigenvalue weighted by Crippen LogP contribution is -2.00. The van der Waals surface area contributed by atoms with Crippen molar-refractivity contribution >= 4 is 15.9 Å². The van der Waals surface area contributed by atoms with E-state index in [2.05, 4.69) is 22.5 Å². The molecule has 5 heavy (non-hydrogen) atoms. The molecule has 2 heteroatoms. The van der Waals surface area contributed by atoms with Gasteiger partial charge in [0.25, 0.3) is 0 Å². The summed E-state index contributed by atoms with van der Waals surface area (Å²) in [6.45, 7) is 3.07. The van der Waals surface area contributed by atoms with Crippen molar-refractivity contribution in [2.24, 2.45) is 0 Å². The summed E-state index contributed by atoms with van der Waals surface area (Å²) in [6.07, 6.45) is 0. The zero-order chi connectivity index (χ0) is 4.28. The summed E-state index contributed by atoms with van der Waals surface area (Å²) >= 11 is 2.90. The van der Waals surface area contributed by atoms with Crippen molar-refractivity contribution in [1.82, 2.24) is 0 Å². The van der Waals surface area contributed by atoms with Gasteiger partial charge in [-0.2, -0.15) is 0 Å². The van der Waals surface area contributed by atoms with Gasteiger partial charge in [-0.3, -0.25) is 0 Å². The van der Waals surface area contributed by atoms with E-state index < -0.39 is 0 Å². The van der Waals surface area contributed by atoms with Crippen LogP contribution in [0.3, 0.4) is 0 Å². The van der Waals surface area contributed by atoms with Crippen molar-refractivity contribution in [2.75, 3.05) is 5.33 Å². The molecule has 0 amide bonds. The molecule has 1 nitrogen and oxygen atoms in total. The van der Waals surface area contributed by atoms with Gasteiger partial charge in [0.15, 0.2) is 0 Å². The molecule has 0 heterocycles. The molecule has 0 saturated heterocycles. The van der Waals surface area contributed by atoms with E-state index >= 15 is 0 Å². The van der Waals surface area contributed by atoms with Crippen molar-refractivity contribution in [1.29, 1.82) is 0 Å². The maximum absolute atomic E-state index is 9.65. The molecule has 0 spiro atoms. The molecule has 0 unspecified atom stereocenters. The monoisotopic (exact) mass is 135 g/mol. The molecule has 0 radical (unpaired) electrons. The van der Waals surface area contributed by atoms with Crippen LogP contribution in [-0.4, -0.2) is 5.33 Å². The lowest BCUT2D eigenvalue weighted by Gasteiger charge is -1.98. The molecular weight excluding hydrogens is 132 g/mol. The Bertz CT molecular complexity index is 42.2. The van der Waals surface area contributed by atoms with E-state index in [0.29, 0.717) is 5.33 Å². The molecule has 0 N–H and O–H groups in total. The Morgan fingerprint density at radius 3 is 2.20 bits per heavy atom. The fraction of sp³-hybridized carbons (Fsp3) is 0.333. The van der Waals surface area contributed by atoms with Gasteiger partial charge in [-0.05, 0) is 0 Å². The van der Waals surface area contributed by atoms with Crippen LogP contribution >= 0.6 is 15.9 Å². The molecule has 0 saturated carbocycles. The van der Waals surface area contributed by atoms with Crippen molar-refractivity contribution in [3.05, 3.63) is 12.3 Å². The fourth-order valence-corrected chi connectivity index (χ4v) is 0. The smallest absolute Gasteiger partial charge is 0.0135 e. The van der Waals surface area contributed by atoms with Gasteiger partial charge in [0, 0.05) is 5.33 Å². The third-order valence-electron chi connectivity index (χ3n) is 0.149. The summed E-state index contributed by atoms with van der Waals surface area (Å²) in [6, 6.07) is 0. The normalized spacial score (nSPS) is 7.40. The molecule has 30 valence electrons. The first-order valence-corrected chi connectivity index (χ1v) is 2.30. The SMILES string of the molecule is C=C([O-])CBr. The van der Waals surface area contributed by atoms with Crippen LogP contribution in [0.2, 0.25) is 0 Å². The van der Waals surface area contributed by atoms with Crippen LogP contribution in [0.5, 0.6) is 0 Å². The molecule has 0 aliphatic rings. The molecule has 0 fully saturated rings. The van der Waals surface area contributed by atoms with Gasteiger partial charge in [0.1, 0.15) is 0 Å². The number of hydrogen-bond donors (Lipinski definition) is 0. The first-order chi connectivity index (χ1) is 2.27. The predicted octanol–water partition coefficient (Wildman–Crippen LogP) is 0.255. The lowest BCUT2D eigenvalue weighted by atomic mass is 10.7. The fourth-order valence-electron chi connectivity index (χ4n) is 0. The molecule has 0 aromatic rings. The van der Waals surface area contributed by atoms with Gasteiger partial charge in [0.05, 0.1) is 0 Å². The Kier molecular flexibility index (Phi) is 2.28. The highest BCUT2D eigenvalue weighted by Gasteiger charge is 1.59. The number of allylic oxidation sites excluding steroid dienone is 1. The Morgan fingerprint density at radius 2 is 2.20 bits per heavy atom. The zero-order valence-corrected chi connectivity index (χ0v) is 4.29. The van der Waals surface area contributed by atoms with Crippen molar-refractivity contribution in [2.45, 2.75) is 0 Å². The van der Waals surface area contributed by atoms with Gasteiger partial charge in [0.2, 0.25) is 0 Å². The molecule has 0 bridgehead atoms. The van der Waals surface area contributed by atoms with Crippen LogP contribution in [0, 0.1) is 0 Å². The van der Waals surface area contributed by atoms with Gasteiger partial charge in [-0.15, -0.1) is 12.3 Å². The summed E-state index contributed by atoms with van der Waals surface area (Å²) in [5.74, 6) is -0.0787. The van der Waals surface area contributed by atoms with Crippen molar-refractivity contribution in [3.8, 4) is 0 Å². The van der Waals surface area contributed by atoms with Crippen molar-refractivity contribution in [3.63, 3.8) is 0 Å². The molecule has 0 rings (SSSR count). The number of alkyl halides is 1. The predicted molar refractivity (Wildman–Crippen MR) is 22.9 cm³/mol. The quantitative estimate of drug-likeness (QED) is 0.374. The number of hydrogen-bond acceptors (Lipinski definition) is 1. The standard InChI is InChI=1S/C3H5BrO/c1-3(5)2-4/h5H,1-2H2/p-1. The molecule has 0 aromatic carbocycles. The minimum atomic E-state index is -0.0787. The molecule has 0 aliphatic heterocycles. The highest BCUT2D eigenvalue weighted by molar-refractivity contribution is 9.09. The van der Waals surface area contributed by atoms with Crippen LogP contribution in [0.15, 0.2) is 12.3 Å². The highest BCUT2D eigenvalue weighted by Crippen LogP contribution is 1.81. The second kappa shape index (κ2) is 2.27. The third-order valence-corrected chi connectivity index (χ3v) is 0.774. The molecule has 0 aliphatic carbocycles. The highest BCUT2D eigenvalue weighted by atomic mass is 79.9. The van der Waals surface area contributed by atoms with Crippen LogP contribution in [0.1, 0.15) is 0 Å². The third kappa shape index (κ3) is 4.02. The van der Waals surface area contributed by atoms with E-state index in [-0.39, 0.29) is 5.76 Å². The van der Waals surface area contributed by atoms with Crippen molar-refractivity contribution < 1.29 is 5.11 Å². The Hall–Kier alpha value is 0.0200. The first kappa shape index (κ1) is 5.02. The van der Waals surface area contributed by atoms with E-state index in [1.807, 2.05) is 0 Å². The maximum Gasteiger partial charge on any atom is 0.0135 e. The molecule has 0 aromatic heterocycles. The van der Waals surface area contributed by atoms with E-state index in [1.54, 1.807) is 0 Å². The second-order valence-electron chi connectivity index (χ2n) is 0.672. The molecular formula is C3H4BrO-. The van der Waals surface area contributed by atoms with E-state index in [0.717, 1.165) is 0 Å². The Morgan fingerprint density at radius 1 is 2.00 bits per heavy atom. The average Bonchev–Trinajstić information content (AvgIpc) is 1.38. The van der Waals surface area contributed by atoms with E-state index in [1.165, 1.54) is 0 Å². The van der Waals surface area contributed by atoms with Gasteiger partial charge in [-0.1, -0.05) is 15.9 Å².